The fourth-order valence-electron chi connectivity index (χ4n) is 3.87. The molecule has 0 aromatic heterocycles. The molecule has 6 nitrogen and oxygen atoms in total. The fraction of sp³-hybridized carbons (Fsp3) is 0.579. The molecule has 0 bridgehead atoms. The number of amides is 2. The van der Waals surface area contributed by atoms with Crippen molar-refractivity contribution in [3.05, 3.63) is 29.8 Å². The Labute approximate surface area is 147 Å². The Bertz CT molecular complexity index is 649. The zero-order chi connectivity index (χ0) is 17.2. The number of rotatable bonds is 2. The van der Waals surface area contributed by atoms with Crippen LogP contribution in [0.5, 0.6) is 5.75 Å². The Kier molecular flexibility index (Phi) is 4.61. The lowest BCUT2D eigenvalue weighted by molar-refractivity contribution is -0.147. The van der Waals surface area contributed by atoms with E-state index in [1.165, 1.54) is 0 Å². The molecule has 25 heavy (non-hydrogen) atoms. The maximum Gasteiger partial charge on any atom is 0.251 e. The van der Waals surface area contributed by atoms with E-state index >= 15 is 0 Å². The van der Waals surface area contributed by atoms with E-state index in [1.807, 2.05) is 34.1 Å². The molecule has 1 aromatic rings. The molecule has 3 heterocycles. The smallest absolute Gasteiger partial charge is 0.251 e. The molecule has 0 N–H and O–H groups in total. The van der Waals surface area contributed by atoms with Gasteiger partial charge >= 0.3 is 0 Å². The third-order valence-electron chi connectivity index (χ3n) is 5.34. The van der Waals surface area contributed by atoms with E-state index in [0.717, 1.165) is 30.6 Å². The second-order valence-corrected chi connectivity index (χ2v) is 6.97. The van der Waals surface area contributed by atoms with Gasteiger partial charge in [-0.15, -0.1) is 0 Å². The van der Waals surface area contributed by atoms with E-state index in [4.69, 9.17) is 9.47 Å². The maximum absolute atomic E-state index is 12.8. The summed E-state index contributed by atoms with van der Waals surface area (Å²) in [5, 5.41) is 0. The van der Waals surface area contributed by atoms with E-state index in [1.54, 1.807) is 0 Å². The zero-order valence-electron chi connectivity index (χ0n) is 14.4. The lowest BCUT2D eigenvalue weighted by Crippen LogP contribution is -2.54. The summed E-state index contributed by atoms with van der Waals surface area (Å²) in [7, 11) is 0. The number of piperazine rings is 1. The highest BCUT2D eigenvalue weighted by Crippen LogP contribution is 2.28. The van der Waals surface area contributed by atoms with Crippen LogP contribution in [-0.2, 0) is 20.7 Å². The number of hydrogen-bond donors (Lipinski definition) is 0. The molecule has 2 amide bonds. The van der Waals surface area contributed by atoms with Crippen LogP contribution >= 0.6 is 0 Å². The summed E-state index contributed by atoms with van der Waals surface area (Å²) < 4.78 is 11.2. The Morgan fingerprint density at radius 2 is 1.72 bits per heavy atom. The average molecular weight is 344 g/mol. The van der Waals surface area contributed by atoms with Crippen molar-refractivity contribution in [3.8, 4) is 5.75 Å². The monoisotopic (exact) mass is 344 g/mol. The van der Waals surface area contributed by atoms with Crippen molar-refractivity contribution >= 4 is 11.8 Å². The van der Waals surface area contributed by atoms with E-state index in [9.17, 15) is 9.59 Å². The predicted molar refractivity (Wildman–Crippen MR) is 91.3 cm³/mol. The molecule has 0 spiro atoms. The van der Waals surface area contributed by atoms with Gasteiger partial charge in [-0.05, 0) is 30.9 Å². The molecule has 1 aromatic carbocycles. The van der Waals surface area contributed by atoms with Crippen LogP contribution in [0.2, 0.25) is 0 Å². The lowest BCUT2D eigenvalue weighted by atomic mass is 9.95. The number of ether oxygens (including phenoxy) is 2. The predicted octanol–water partition coefficient (Wildman–Crippen LogP) is 1.09. The summed E-state index contributed by atoms with van der Waals surface area (Å²) in [6.07, 6.45) is 2.23. The zero-order valence-corrected chi connectivity index (χ0v) is 14.4. The van der Waals surface area contributed by atoms with Crippen LogP contribution in [0.25, 0.3) is 0 Å². The molecular weight excluding hydrogens is 320 g/mol. The lowest BCUT2D eigenvalue weighted by Gasteiger charge is -2.38. The number of para-hydroxylation sites is 1. The first-order valence-corrected chi connectivity index (χ1v) is 9.12. The van der Waals surface area contributed by atoms with Gasteiger partial charge in [0.2, 0.25) is 5.91 Å². The van der Waals surface area contributed by atoms with Crippen LogP contribution < -0.4 is 4.74 Å². The Morgan fingerprint density at radius 1 is 1.00 bits per heavy atom. The third-order valence-corrected chi connectivity index (χ3v) is 5.34. The molecule has 2 fully saturated rings. The van der Waals surface area contributed by atoms with Gasteiger partial charge in [0.25, 0.3) is 5.91 Å². The van der Waals surface area contributed by atoms with E-state index < -0.39 is 0 Å². The van der Waals surface area contributed by atoms with Crippen LogP contribution in [-0.4, -0.2) is 67.1 Å². The Hall–Kier alpha value is -2.08. The van der Waals surface area contributed by atoms with E-state index in [-0.39, 0.29) is 23.8 Å². The molecule has 2 unspecified atom stereocenters. The quantitative estimate of drug-likeness (QED) is 0.806. The van der Waals surface area contributed by atoms with Gasteiger partial charge < -0.3 is 19.3 Å². The standard InChI is InChI=1S/C19H24N2O4/c22-18(15-12-14-4-1-2-5-16(14)25-13-15)20-7-9-21(10-8-20)19(23)17-6-3-11-24-17/h1-2,4-5,15,17H,3,6-13H2. The number of hydrogen-bond acceptors (Lipinski definition) is 4. The number of fused-ring (bicyclic) bond motifs is 1. The van der Waals surface area contributed by atoms with Crippen LogP contribution in [0.15, 0.2) is 24.3 Å². The minimum Gasteiger partial charge on any atom is -0.492 e. The van der Waals surface area contributed by atoms with Crippen molar-refractivity contribution in [2.24, 2.45) is 5.92 Å². The van der Waals surface area contributed by atoms with Gasteiger partial charge in [0.05, 0.1) is 5.92 Å². The molecule has 0 radical (unpaired) electrons. The highest BCUT2D eigenvalue weighted by molar-refractivity contribution is 5.82. The number of carbonyl (C=O) groups is 2. The van der Waals surface area contributed by atoms with E-state index in [2.05, 4.69) is 0 Å². The Morgan fingerprint density at radius 3 is 2.44 bits per heavy atom. The van der Waals surface area contributed by atoms with Crippen molar-refractivity contribution in [2.45, 2.75) is 25.4 Å². The molecule has 6 heteroatoms. The van der Waals surface area contributed by atoms with Crippen LogP contribution in [0.1, 0.15) is 18.4 Å². The largest absolute Gasteiger partial charge is 0.492 e. The molecule has 134 valence electrons. The highest BCUT2D eigenvalue weighted by Gasteiger charge is 2.34. The summed E-state index contributed by atoms with van der Waals surface area (Å²) in [4.78, 5) is 28.9. The normalized spacial score (nSPS) is 26.1. The second-order valence-electron chi connectivity index (χ2n) is 6.97. The first-order chi connectivity index (χ1) is 12.2. The van der Waals surface area contributed by atoms with E-state index in [0.29, 0.717) is 39.4 Å². The van der Waals surface area contributed by atoms with Gasteiger partial charge in [-0.1, -0.05) is 18.2 Å². The van der Waals surface area contributed by atoms with Gasteiger partial charge in [0.15, 0.2) is 0 Å². The highest BCUT2D eigenvalue weighted by atomic mass is 16.5. The summed E-state index contributed by atoms with van der Waals surface area (Å²) >= 11 is 0. The van der Waals surface area contributed by atoms with Gasteiger partial charge in [-0.25, -0.2) is 0 Å². The van der Waals surface area contributed by atoms with Gasteiger partial charge in [-0.2, -0.15) is 0 Å². The van der Waals surface area contributed by atoms with Crippen molar-refractivity contribution in [1.82, 2.24) is 9.80 Å². The average Bonchev–Trinajstić information content (AvgIpc) is 3.21. The topological polar surface area (TPSA) is 59.1 Å². The number of nitrogens with zero attached hydrogens (tertiary/aromatic N) is 2. The molecule has 2 saturated heterocycles. The minimum absolute atomic E-state index is 0.0829. The van der Waals surface area contributed by atoms with Gasteiger partial charge in [0, 0.05) is 32.8 Å². The summed E-state index contributed by atoms with van der Waals surface area (Å²) in [6, 6.07) is 7.90. The molecule has 3 aliphatic heterocycles. The summed E-state index contributed by atoms with van der Waals surface area (Å²) in [5.74, 6) is 0.979. The molecular formula is C19H24N2O4. The number of benzene rings is 1. The SMILES string of the molecule is O=C(C1COc2ccccc2C1)N1CCN(C(=O)C2CCCO2)CC1. The van der Waals surface area contributed by atoms with Crippen molar-refractivity contribution < 1.29 is 19.1 Å². The summed E-state index contributed by atoms with van der Waals surface area (Å²) in [6.45, 7) is 3.48. The summed E-state index contributed by atoms with van der Waals surface area (Å²) in [5.41, 5.74) is 1.10. The van der Waals surface area contributed by atoms with Crippen LogP contribution in [0.4, 0.5) is 0 Å². The van der Waals surface area contributed by atoms with Gasteiger partial charge in [-0.3, -0.25) is 9.59 Å². The first-order valence-electron chi connectivity index (χ1n) is 9.12. The molecule has 2 atom stereocenters. The van der Waals surface area contributed by atoms with Crippen molar-refractivity contribution in [1.29, 1.82) is 0 Å². The fourth-order valence-corrected chi connectivity index (χ4v) is 3.87. The molecule has 4 rings (SSSR count). The second kappa shape index (κ2) is 7.04. The third kappa shape index (κ3) is 3.35. The van der Waals surface area contributed by atoms with Gasteiger partial charge in [0.1, 0.15) is 18.5 Å². The minimum atomic E-state index is -0.273. The van der Waals surface area contributed by atoms with Crippen LogP contribution in [0, 0.1) is 5.92 Å². The van der Waals surface area contributed by atoms with Crippen molar-refractivity contribution in [3.63, 3.8) is 0 Å². The molecule has 0 saturated carbocycles. The number of carbonyl (C=O) groups excluding carboxylic acids is 2. The Balaban J connectivity index is 1.32. The first kappa shape index (κ1) is 16.4. The maximum atomic E-state index is 12.8. The van der Waals surface area contributed by atoms with Crippen LogP contribution in [0.3, 0.4) is 0 Å². The van der Waals surface area contributed by atoms with Crippen molar-refractivity contribution in [2.75, 3.05) is 39.4 Å². The molecule has 0 aliphatic carbocycles. The molecule has 3 aliphatic rings.